The molecule has 0 amide bonds. The van der Waals surface area contributed by atoms with Crippen LogP contribution in [0.25, 0.3) is 0 Å². The maximum atomic E-state index is 13.1. The van der Waals surface area contributed by atoms with Gasteiger partial charge in [-0.25, -0.2) is 4.39 Å². The average Bonchev–Trinajstić information content (AvgIpc) is 1.99. The zero-order valence-corrected chi connectivity index (χ0v) is 7.48. The van der Waals surface area contributed by atoms with Crippen molar-refractivity contribution in [2.75, 3.05) is 0 Å². The molecule has 0 spiro atoms. The van der Waals surface area contributed by atoms with Crippen molar-refractivity contribution in [1.82, 2.24) is 0 Å². The zero-order chi connectivity index (χ0) is 9.30. The molecule has 0 saturated carbocycles. The minimum absolute atomic E-state index is 0.0150. The second kappa shape index (κ2) is 3.21. The first-order chi connectivity index (χ1) is 5.52. The molecule has 2 heteroatoms. The Balaban J connectivity index is 2.85. The monoisotopic (exact) mass is 168 g/mol. The largest absolute Gasteiger partial charge is 0.294 e. The molecule has 0 aliphatic heterocycles. The van der Waals surface area contributed by atoms with Crippen LogP contribution >= 0.6 is 0 Å². The lowest BCUT2D eigenvalue weighted by molar-refractivity contribution is -0.116. The van der Waals surface area contributed by atoms with Crippen LogP contribution in [-0.2, 0) is 4.79 Å². The quantitative estimate of drug-likeness (QED) is 0.550. The molecule has 66 valence electrons. The van der Waals surface area contributed by atoms with Crippen LogP contribution in [0.3, 0.4) is 0 Å². The molecule has 0 heterocycles. The summed E-state index contributed by atoms with van der Waals surface area (Å²) in [6, 6.07) is 0. The van der Waals surface area contributed by atoms with E-state index in [1.54, 1.807) is 6.92 Å². The fraction of sp³-hybridized carbons (Fsp3) is 0.500. The number of carbonyl (C=O) groups excluding carboxylic acids is 1. The second-order valence-corrected chi connectivity index (χ2v) is 3.40. The number of halogens is 1. The van der Waals surface area contributed by atoms with Gasteiger partial charge in [-0.3, -0.25) is 4.79 Å². The van der Waals surface area contributed by atoms with Gasteiger partial charge in [0.1, 0.15) is 5.83 Å². The summed E-state index contributed by atoms with van der Waals surface area (Å²) < 4.78 is 13.1. The van der Waals surface area contributed by atoms with Crippen molar-refractivity contribution in [2.45, 2.75) is 26.7 Å². The minimum Gasteiger partial charge on any atom is -0.294 e. The van der Waals surface area contributed by atoms with Gasteiger partial charge in [0.15, 0.2) is 5.78 Å². The van der Waals surface area contributed by atoms with Gasteiger partial charge < -0.3 is 0 Å². The zero-order valence-electron chi connectivity index (χ0n) is 7.48. The molecule has 0 aromatic rings. The Hall–Kier alpha value is -0.920. The second-order valence-electron chi connectivity index (χ2n) is 3.40. The lowest BCUT2D eigenvalue weighted by atomic mass is 9.84. The van der Waals surface area contributed by atoms with Gasteiger partial charge in [-0.1, -0.05) is 12.2 Å². The van der Waals surface area contributed by atoms with Crippen molar-refractivity contribution in [3.8, 4) is 0 Å². The van der Waals surface area contributed by atoms with Gasteiger partial charge in [-0.2, -0.15) is 0 Å². The molecule has 0 aromatic carbocycles. The summed E-state index contributed by atoms with van der Waals surface area (Å²) in [4.78, 5) is 11.2. The number of allylic oxidation sites excluding steroid dienone is 3. The third-order valence-corrected chi connectivity index (χ3v) is 2.38. The average molecular weight is 168 g/mol. The summed E-state index contributed by atoms with van der Waals surface area (Å²) in [6.45, 7) is 7.12. The molecule has 1 atom stereocenters. The van der Waals surface area contributed by atoms with E-state index in [4.69, 9.17) is 0 Å². The highest BCUT2D eigenvalue weighted by molar-refractivity contribution is 5.96. The SMILES string of the molecule is C=C(C)C1CC(=O)C(C)=C(F)C1. The van der Waals surface area contributed by atoms with Gasteiger partial charge >= 0.3 is 0 Å². The molecule has 0 bridgehead atoms. The minimum atomic E-state index is -0.265. The van der Waals surface area contributed by atoms with Crippen LogP contribution in [0.15, 0.2) is 23.6 Å². The lowest BCUT2D eigenvalue weighted by Gasteiger charge is -2.20. The third-order valence-electron chi connectivity index (χ3n) is 2.38. The van der Waals surface area contributed by atoms with Crippen molar-refractivity contribution in [1.29, 1.82) is 0 Å². The maximum absolute atomic E-state index is 13.1. The molecule has 1 aliphatic rings. The van der Waals surface area contributed by atoms with E-state index in [0.717, 1.165) is 5.57 Å². The summed E-state index contributed by atoms with van der Waals surface area (Å²) in [5.74, 6) is -0.327. The molecule has 1 unspecified atom stereocenters. The molecular formula is C10H13FO. The summed E-state index contributed by atoms with van der Waals surface area (Å²) in [5.41, 5.74) is 1.19. The lowest BCUT2D eigenvalue weighted by Crippen LogP contribution is -2.17. The Morgan fingerprint density at radius 2 is 2.17 bits per heavy atom. The molecule has 0 N–H and O–H groups in total. The van der Waals surface area contributed by atoms with Crippen molar-refractivity contribution in [3.63, 3.8) is 0 Å². The van der Waals surface area contributed by atoms with Crippen molar-refractivity contribution >= 4 is 5.78 Å². The number of hydrogen-bond donors (Lipinski definition) is 0. The van der Waals surface area contributed by atoms with Crippen LogP contribution in [-0.4, -0.2) is 5.78 Å². The van der Waals surface area contributed by atoms with E-state index in [2.05, 4.69) is 6.58 Å². The normalized spacial score (nSPS) is 24.6. The van der Waals surface area contributed by atoms with E-state index in [1.165, 1.54) is 0 Å². The molecule has 1 rings (SSSR count). The van der Waals surface area contributed by atoms with E-state index >= 15 is 0 Å². The van der Waals surface area contributed by atoms with Crippen molar-refractivity contribution in [3.05, 3.63) is 23.6 Å². The Kier molecular flexibility index (Phi) is 2.46. The number of carbonyl (C=O) groups is 1. The van der Waals surface area contributed by atoms with Crippen molar-refractivity contribution < 1.29 is 9.18 Å². The summed E-state index contributed by atoms with van der Waals surface area (Å²) >= 11 is 0. The summed E-state index contributed by atoms with van der Waals surface area (Å²) in [5, 5.41) is 0. The van der Waals surface area contributed by atoms with E-state index < -0.39 is 0 Å². The Morgan fingerprint density at radius 3 is 2.58 bits per heavy atom. The topological polar surface area (TPSA) is 17.1 Å². The Morgan fingerprint density at radius 1 is 1.58 bits per heavy atom. The molecule has 1 nitrogen and oxygen atoms in total. The van der Waals surface area contributed by atoms with Crippen LogP contribution in [0.5, 0.6) is 0 Å². The first kappa shape index (κ1) is 9.17. The molecule has 12 heavy (non-hydrogen) atoms. The molecule has 0 aromatic heterocycles. The fourth-order valence-electron chi connectivity index (χ4n) is 1.32. The van der Waals surface area contributed by atoms with Crippen LogP contribution in [0.1, 0.15) is 26.7 Å². The van der Waals surface area contributed by atoms with E-state index in [1.807, 2.05) is 6.92 Å². The first-order valence-corrected chi connectivity index (χ1v) is 4.06. The molecular weight excluding hydrogens is 155 g/mol. The molecule has 0 radical (unpaired) electrons. The van der Waals surface area contributed by atoms with E-state index in [-0.39, 0.29) is 17.5 Å². The maximum Gasteiger partial charge on any atom is 0.161 e. The number of hydrogen-bond acceptors (Lipinski definition) is 1. The predicted molar refractivity (Wildman–Crippen MR) is 46.4 cm³/mol. The highest BCUT2D eigenvalue weighted by Crippen LogP contribution is 2.31. The highest BCUT2D eigenvalue weighted by Gasteiger charge is 2.25. The van der Waals surface area contributed by atoms with E-state index in [9.17, 15) is 9.18 Å². The van der Waals surface area contributed by atoms with Crippen LogP contribution in [0, 0.1) is 5.92 Å². The van der Waals surface area contributed by atoms with Crippen LogP contribution in [0.2, 0.25) is 0 Å². The van der Waals surface area contributed by atoms with Crippen LogP contribution in [0.4, 0.5) is 4.39 Å². The van der Waals surface area contributed by atoms with Gasteiger partial charge in [-0.05, 0) is 19.8 Å². The number of ketones is 1. The number of rotatable bonds is 1. The van der Waals surface area contributed by atoms with Gasteiger partial charge in [0.25, 0.3) is 0 Å². The Bertz CT molecular complexity index is 263. The van der Waals surface area contributed by atoms with Gasteiger partial charge in [0.2, 0.25) is 0 Å². The Labute approximate surface area is 72.0 Å². The van der Waals surface area contributed by atoms with Crippen LogP contribution < -0.4 is 0 Å². The predicted octanol–water partition coefficient (Wildman–Crippen LogP) is 2.79. The summed E-state index contributed by atoms with van der Waals surface area (Å²) in [7, 11) is 0. The fourth-order valence-corrected chi connectivity index (χ4v) is 1.32. The molecule has 1 aliphatic carbocycles. The van der Waals surface area contributed by atoms with E-state index in [0.29, 0.717) is 18.4 Å². The first-order valence-electron chi connectivity index (χ1n) is 4.06. The summed E-state index contributed by atoms with van der Waals surface area (Å²) in [6.07, 6.45) is 0.779. The third kappa shape index (κ3) is 1.63. The van der Waals surface area contributed by atoms with Gasteiger partial charge in [-0.15, -0.1) is 0 Å². The standard InChI is InChI=1S/C10H13FO/c1-6(2)8-4-9(11)7(3)10(12)5-8/h8H,1,4-5H2,2-3H3. The smallest absolute Gasteiger partial charge is 0.161 e. The highest BCUT2D eigenvalue weighted by atomic mass is 19.1. The van der Waals surface area contributed by atoms with Crippen molar-refractivity contribution in [2.24, 2.45) is 5.92 Å². The molecule has 0 fully saturated rings. The molecule has 0 saturated heterocycles. The van der Waals surface area contributed by atoms with Gasteiger partial charge in [0, 0.05) is 18.4 Å². The van der Waals surface area contributed by atoms with Gasteiger partial charge in [0.05, 0.1) is 0 Å². The number of Topliss-reactive ketones (excluding diaryl/α,β-unsaturated/α-hetero) is 1.